The summed E-state index contributed by atoms with van der Waals surface area (Å²) in [4.78, 5) is 25.2. The molecule has 2 aliphatic heterocycles. The van der Waals surface area contributed by atoms with Crippen LogP contribution in [0.15, 0.2) is 4.21 Å². The molecule has 0 saturated carbocycles. The van der Waals surface area contributed by atoms with Gasteiger partial charge in [-0.3, -0.25) is 0 Å². The number of nitrogen functional groups attached to an aromatic ring is 2. The van der Waals surface area contributed by atoms with E-state index in [0.717, 1.165) is 34.8 Å². The maximum atomic E-state index is 12.0. The fourth-order valence-corrected chi connectivity index (χ4v) is 8.10. The van der Waals surface area contributed by atoms with E-state index in [4.69, 9.17) is 20.9 Å². The van der Waals surface area contributed by atoms with Crippen LogP contribution in [0.2, 0.25) is 0 Å². The molecule has 176 valence electrons. The lowest BCUT2D eigenvalue weighted by atomic mass is 10.1. The zero-order valence-electron chi connectivity index (χ0n) is 19.2. The number of esters is 2. The molecule has 4 heterocycles. The van der Waals surface area contributed by atoms with Crippen molar-refractivity contribution >= 4 is 68.1 Å². The predicted octanol–water partition coefficient (Wildman–Crippen LogP) is 5.97. The molecule has 0 bridgehead atoms. The van der Waals surface area contributed by atoms with E-state index in [0.29, 0.717) is 21.1 Å². The van der Waals surface area contributed by atoms with Crippen LogP contribution in [0.1, 0.15) is 78.3 Å². The van der Waals surface area contributed by atoms with Gasteiger partial charge in [-0.1, -0.05) is 0 Å². The summed E-state index contributed by atoms with van der Waals surface area (Å²) < 4.78 is 11.9. The van der Waals surface area contributed by atoms with Crippen molar-refractivity contribution < 1.29 is 19.1 Å². The maximum absolute atomic E-state index is 12.0. The molecule has 0 aliphatic carbocycles. The minimum Gasteiger partial charge on any atom is -0.456 e. The fraction of sp³-hybridized carbons (Fsp3) is 0.545. The van der Waals surface area contributed by atoms with E-state index in [9.17, 15) is 9.59 Å². The minimum atomic E-state index is -0.468. The Kier molecular flexibility index (Phi) is 7.49. The number of anilines is 2. The number of carbonyl (C=O) groups excluding carboxylic acids is 2. The van der Waals surface area contributed by atoms with E-state index < -0.39 is 11.2 Å². The van der Waals surface area contributed by atoms with Crippen LogP contribution in [-0.4, -0.2) is 28.9 Å². The number of thioether (sulfide) groups is 2. The Hall–Kier alpha value is -1.36. The van der Waals surface area contributed by atoms with Gasteiger partial charge in [0, 0.05) is 22.1 Å². The van der Waals surface area contributed by atoms with Crippen molar-refractivity contribution in [2.75, 3.05) is 17.2 Å². The summed E-state index contributed by atoms with van der Waals surface area (Å²) in [5.41, 5.74) is 14.2. The first-order valence-electron chi connectivity index (χ1n) is 10.2. The molecule has 4 N–H and O–H groups in total. The Balaban J connectivity index is 0.000000181. The van der Waals surface area contributed by atoms with Gasteiger partial charge in [0.25, 0.3) is 0 Å². The summed E-state index contributed by atoms with van der Waals surface area (Å²) in [5, 5.41) is 1.19. The predicted molar refractivity (Wildman–Crippen MR) is 137 cm³/mol. The maximum Gasteiger partial charge on any atom is 0.341 e. The topological polar surface area (TPSA) is 105 Å². The first-order valence-corrected chi connectivity index (χ1v) is 14.0. The third-order valence-electron chi connectivity index (χ3n) is 4.39. The highest BCUT2D eigenvalue weighted by atomic mass is 32.2. The number of thiophene rings is 2. The van der Waals surface area contributed by atoms with Gasteiger partial charge in [-0.15, -0.1) is 34.4 Å². The Morgan fingerprint density at radius 2 is 1.34 bits per heavy atom. The number of hydrogen-bond acceptors (Lipinski definition) is 10. The summed E-state index contributed by atoms with van der Waals surface area (Å²) >= 11 is 6.60. The van der Waals surface area contributed by atoms with Crippen molar-refractivity contribution in [3.63, 3.8) is 0 Å². The molecule has 2 aromatic rings. The summed E-state index contributed by atoms with van der Waals surface area (Å²) in [6.45, 7) is 11.2. The summed E-state index contributed by atoms with van der Waals surface area (Å²) in [5.74, 6) is 2.30. The molecule has 0 fully saturated rings. The Morgan fingerprint density at radius 1 is 0.812 bits per heavy atom. The van der Waals surface area contributed by atoms with Gasteiger partial charge in [0.15, 0.2) is 0 Å². The number of rotatable bonds is 2. The zero-order chi connectivity index (χ0) is 23.8. The van der Waals surface area contributed by atoms with Gasteiger partial charge in [-0.25, -0.2) is 9.59 Å². The van der Waals surface area contributed by atoms with Gasteiger partial charge in [0.2, 0.25) is 0 Å². The van der Waals surface area contributed by atoms with Crippen LogP contribution in [0.4, 0.5) is 10.0 Å². The Morgan fingerprint density at radius 3 is 1.91 bits per heavy atom. The second kappa shape index (κ2) is 9.48. The molecule has 0 amide bonds. The van der Waals surface area contributed by atoms with E-state index in [2.05, 4.69) is 0 Å². The normalized spacial score (nSPS) is 14.9. The second-order valence-corrected chi connectivity index (χ2v) is 14.0. The van der Waals surface area contributed by atoms with Crippen LogP contribution in [0.5, 0.6) is 0 Å². The quantitative estimate of drug-likeness (QED) is 0.473. The molecule has 0 saturated heterocycles. The molecule has 0 radical (unpaired) electrons. The average molecular weight is 515 g/mol. The molecular formula is C22H30N2O4S4. The molecule has 0 spiro atoms. The highest BCUT2D eigenvalue weighted by Crippen LogP contribution is 2.44. The average Bonchev–Trinajstić information content (AvgIpc) is 3.32. The first-order chi connectivity index (χ1) is 14.8. The van der Waals surface area contributed by atoms with Gasteiger partial charge < -0.3 is 20.9 Å². The molecule has 0 aromatic carbocycles. The van der Waals surface area contributed by atoms with Gasteiger partial charge in [-0.2, -0.15) is 11.8 Å². The van der Waals surface area contributed by atoms with E-state index in [-0.39, 0.29) is 11.9 Å². The SMILES string of the molecule is CC(C)(C)OC(=O)c1c(N)sc2c1CCS2.CC(C)(C)OC(=O)c1c(N)sc2c1CSC2. The number of fused-ring (bicyclic) bond motifs is 2. The number of nitrogens with two attached hydrogens (primary N) is 2. The molecule has 0 atom stereocenters. The third-order valence-corrected chi connectivity index (χ3v) is 8.99. The van der Waals surface area contributed by atoms with E-state index >= 15 is 0 Å². The molecule has 10 heteroatoms. The van der Waals surface area contributed by atoms with Gasteiger partial charge in [0.05, 0.1) is 15.3 Å². The van der Waals surface area contributed by atoms with E-state index in [1.807, 2.05) is 53.3 Å². The Bertz CT molecular complexity index is 946. The van der Waals surface area contributed by atoms with Crippen LogP contribution >= 0.6 is 46.2 Å². The fourth-order valence-electron chi connectivity index (χ4n) is 3.21. The van der Waals surface area contributed by atoms with Gasteiger partial charge in [-0.05, 0) is 59.1 Å². The third kappa shape index (κ3) is 5.95. The number of hydrogen-bond donors (Lipinski definition) is 2. The van der Waals surface area contributed by atoms with Crippen LogP contribution in [0.3, 0.4) is 0 Å². The van der Waals surface area contributed by atoms with Crippen LogP contribution in [-0.2, 0) is 27.4 Å². The molecule has 4 rings (SSSR count). The molecule has 6 nitrogen and oxygen atoms in total. The number of ether oxygens (including phenoxy) is 2. The van der Waals surface area contributed by atoms with E-state index in [1.54, 1.807) is 11.8 Å². The largest absolute Gasteiger partial charge is 0.456 e. The Labute approximate surface area is 205 Å². The minimum absolute atomic E-state index is 0.287. The standard InChI is InChI=1S/2C11H15NO2S2/c1-11(2,3)14-10(13)8-6-4-15-5-7(6)16-9(8)12;1-11(2,3)14-9(13)7-6-4-5-15-10(6)16-8(7)12/h2*4-5,12H2,1-3H3. The van der Waals surface area contributed by atoms with Crippen molar-refractivity contribution in [3.05, 3.63) is 27.1 Å². The van der Waals surface area contributed by atoms with Crippen molar-refractivity contribution in [2.24, 2.45) is 0 Å². The van der Waals surface area contributed by atoms with E-state index in [1.165, 1.54) is 31.8 Å². The highest BCUT2D eigenvalue weighted by molar-refractivity contribution is 8.01. The lowest BCUT2D eigenvalue weighted by molar-refractivity contribution is 0.00575. The monoisotopic (exact) mass is 514 g/mol. The van der Waals surface area contributed by atoms with Gasteiger partial charge in [0.1, 0.15) is 21.2 Å². The highest BCUT2D eigenvalue weighted by Gasteiger charge is 2.30. The second-order valence-electron chi connectivity index (χ2n) is 9.45. The molecule has 32 heavy (non-hydrogen) atoms. The molecule has 2 aromatic heterocycles. The molecule has 0 unspecified atom stereocenters. The smallest absolute Gasteiger partial charge is 0.341 e. The first kappa shape index (κ1) is 25.3. The van der Waals surface area contributed by atoms with Crippen LogP contribution < -0.4 is 11.5 Å². The van der Waals surface area contributed by atoms with Crippen molar-refractivity contribution in [1.82, 2.24) is 0 Å². The van der Waals surface area contributed by atoms with Crippen LogP contribution in [0, 0.1) is 0 Å². The van der Waals surface area contributed by atoms with Crippen molar-refractivity contribution in [2.45, 2.75) is 74.9 Å². The van der Waals surface area contributed by atoms with Gasteiger partial charge >= 0.3 is 11.9 Å². The van der Waals surface area contributed by atoms with Crippen LogP contribution in [0.25, 0.3) is 0 Å². The lowest BCUT2D eigenvalue weighted by Crippen LogP contribution is -2.24. The summed E-state index contributed by atoms with van der Waals surface area (Å²) in [6.07, 6.45) is 0.919. The summed E-state index contributed by atoms with van der Waals surface area (Å²) in [6, 6.07) is 0. The van der Waals surface area contributed by atoms with Crippen molar-refractivity contribution in [3.8, 4) is 0 Å². The summed E-state index contributed by atoms with van der Waals surface area (Å²) in [7, 11) is 0. The lowest BCUT2D eigenvalue weighted by Gasteiger charge is -2.19. The number of carbonyl (C=O) groups is 2. The zero-order valence-corrected chi connectivity index (χ0v) is 22.5. The molecule has 2 aliphatic rings. The van der Waals surface area contributed by atoms with Crippen molar-refractivity contribution in [1.29, 1.82) is 0 Å². The molecular weight excluding hydrogens is 485 g/mol.